The third kappa shape index (κ3) is 1.85. The molecule has 0 fully saturated rings. The van der Waals surface area contributed by atoms with Gasteiger partial charge in [0.25, 0.3) is 0 Å². The van der Waals surface area contributed by atoms with E-state index in [1.807, 2.05) is 0 Å². The van der Waals surface area contributed by atoms with Crippen LogP contribution in [0.15, 0.2) is 0 Å². The van der Waals surface area contributed by atoms with Gasteiger partial charge in [0.1, 0.15) is 12.1 Å². The molecule has 1 aliphatic carbocycles. The van der Waals surface area contributed by atoms with E-state index < -0.39 is 6.04 Å². The van der Waals surface area contributed by atoms with Crippen LogP contribution in [0.4, 0.5) is 0 Å². The van der Waals surface area contributed by atoms with Crippen LogP contribution in [0, 0.1) is 0 Å². The molecule has 4 nitrogen and oxygen atoms in total. The molecule has 0 amide bonds. The fraction of sp³-hybridized carbons (Fsp3) is 0.600. The summed E-state index contributed by atoms with van der Waals surface area (Å²) in [5.41, 5.74) is 7.95. The summed E-state index contributed by atoms with van der Waals surface area (Å²) in [5.74, 6) is 0.858. The smallest absolute Gasteiger partial charge is 0.137 e. The minimum atomic E-state index is -0.428. The van der Waals surface area contributed by atoms with Crippen molar-refractivity contribution >= 4 is 6.29 Å². The molecule has 4 heteroatoms. The normalized spacial score (nSPS) is 17.5. The van der Waals surface area contributed by atoms with Gasteiger partial charge in [0.2, 0.25) is 0 Å². The molecule has 0 radical (unpaired) electrons. The number of hydrogen-bond donors (Lipinski definition) is 2. The topological polar surface area (TPSA) is 71.8 Å². The Kier molecular flexibility index (Phi) is 2.63. The molecule has 1 aromatic rings. The zero-order valence-electron chi connectivity index (χ0n) is 8.12. The number of aromatic amines is 1. The number of carbonyl (C=O) groups excluding carboxylic acids is 1. The zero-order chi connectivity index (χ0) is 9.97. The molecule has 0 aliphatic heterocycles. The lowest BCUT2D eigenvalue weighted by Crippen LogP contribution is -2.24. The highest BCUT2D eigenvalue weighted by Crippen LogP contribution is 2.18. The Balaban J connectivity index is 2.12. The van der Waals surface area contributed by atoms with Crippen molar-refractivity contribution in [1.29, 1.82) is 0 Å². The summed E-state index contributed by atoms with van der Waals surface area (Å²) in [6.07, 6.45) is 5.88. The number of carbonyl (C=O) groups is 1. The fourth-order valence-electron chi connectivity index (χ4n) is 1.88. The number of rotatable bonds is 3. The second-order valence-electron chi connectivity index (χ2n) is 3.82. The van der Waals surface area contributed by atoms with Crippen molar-refractivity contribution in [1.82, 2.24) is 9.97 Å². The van der Waals surface area contributed by atoms with Crippen molar-refractivity contribution in [3.05, 3.63) is 17.2 Å². The minimum Gasteiger partial charge on any atom is -0.346 e. The summed E-state index contributed by atoms with van der Waals surface area (Å²) in [6, 6.07) is -0.428. The first-order chi connectivity index (χ1) is 6.79. The highest BCUT2D eigenvalue weighted by molar-refractivity contribution is 5.57. The summed E-state index contributed by atoms with van der Waals surface area (Å²) in [4.78, 5) is 18.1. The van der Waals surface area contributed by atoms with Gasteiger partial charge in [-0.25, -0.2) is 4.98 Å². The minimum absolute atomic E-state index is 0.428. The summed E-state index contributed by atoms with van der Waals surface area (Å²) in [5, 5.41) is 0. The van der Waals surface area contributed by atoms with Gasteiger partial charge in [-0.2, -0.15) is 0 Å². The number of fused-ring (bicyclic) bond motifs is 1. The number of aromatic nitrogens is 2. The number of aryl methyl sites for hydroxylation is 2. The third-order valence-electron chi connectivity index (χ3n) is 2.61. The fourth-order valence-corrected chi connectivity index (χ4v) is 1.88. The van der Waals surface area contributed by atoms with E-state index in [1.165, 1.54) is 24.2 Å². The first-order valence-corrected chi connectivity index (χ1v) is 5.07. The van der Waals surface area contributed by atoms with Gasteiger partial charge in [-0.05, 0) is 25.7 Å². The van der Waals surface area contributed by atoms with E-state index >= 15 is 0 Å². The highest BCUT2D eigenvalue weighted by Gasteiger charge is 2.15. The van der Waals surface area contributed by atoms with Crippen LogP contribution in [0.2, 0.25) is 0 Å². The number of nitrogens with two attached hydrogens (primary N) is 1. The molecule has 1 atom stereocenters. The zero-order valence-corrected chi connectivity index (χ0v) is 8.12. The quantitative estimate of drug-likeness (QED) is 0.681. The molecule has 0 saturated heterocycles. The molecule has 0 bridgehead atoms. The van der Waals surface area contributed by atoms with Crippen LogP contribution in [0.5, 0.6) is 0 Å². The maximum atomic E-state index is 10.4. The van der Waals surface area contributed by atoms with Crippen LogP contribution >= 0.6 is 0 Å². The van der Waals surface area contributed by atoms with Crippen molar-refractivity contribution in [2.75, 3.05) is 0 Å². The second kappa shape index (κ2) is 3.92. The van der Waals surface area contributed by atoms with Crippen LogP contribution in [0.3, 0.4) is 0 Å². The SMILES string of the molecule is N[C@H](C=O)Cc1nc2c([nH]1)CCCC2. The average Bonchev–Trinajstić information content (AvgIpc) is 2.59. The molecule has 3 N–H and O–H groups in total. The molecule has 2 rings (SSSR count). The van der Waals surface area contributed by atoms with E-state index in [0.29, 0.717) is 6.42 Å². The first kappa shape index (κ1) is 9.40. The second-order valence-corrected chi connectivity index (χ2v) is 3.82. The maximum absolute atomic E-state index is 10.4. The van der Waals surface area contributed by atoms with Crippen LogP contribution in [-0.4, -0.2) is 22.3 Å². The molecule has 1 aliphatic rings. The van der Waals surface area contributed by atoms with Gasteiger partial charge in [-0.15, -0.1) is 0 Å². The Hall–Kier alpha value is -1.16. The van der Waals surface area contributed by atoms with E-state index in [4.69, 9.17) is 5.73 Å². The molecule has 76 valence electrons. The van der Waals surface area contributed by atoms with Crippen molar-refractivity contribution in [2.45, 2.75) is 38.1 Å². The lowest BCUT2D eigenvalue weighted by Gasteiger charge is -2.07. The van der Waals surface area contributed by atoms with Crippen LogP contribution in [0.25, 0.3) is 0 Å². The number of aldehydes is 1. The van der Waals surface area contributed by atoms with E-state index in [9.17, 15) is 4.79 Å². The Morgan fingerprint density at radius 3 is 3.00 bits per heavy atom. The molecule has 0 spiro atoms. The van der Waals surface area contributed by atoms with Gasteiger partial charge in [0.15, 0.2) is 0 Å². The summed E-state index contributed by atoms with van der Waals surface area (Å²) in [7, 11) is 0. The van der Waals surface area contributed by atoms with E-state index in [1.54, 1.807) is 0 Å². The molecular weight excluding hydrogens is 178 g/mol. The number of nitrogens with one attached hydrogen (secondary N) is 1. The predicted molar refractivity (Wildman–Crippen MR) is 53.0 cm³/mol. The Morgan fingerprint density at radius 1 is 1.50 bits per heavy atom. The lowest BCUT2D eigenvalue weighted by atomic mass is 10.0. The monoisotopic (exact) mass is 193 g/mol. The van der Waals surface area contributed by atoms with E-state index in [-0.39, 0.29) is 0 Å². The standard InChI is InChI=1S/C10H15N3O/c11-7(6-14)5-10-12-8-3-1-2-4-9(8)13-10/h6-7H,1-5,11H2,(H,12,13)/t7-/m0/s1. The molecule has 0 unspecified atom stereocenters. The predicted octanol–water partition coefficient (Wildman–Crippen LogP) is 0.357. The first-order valence-electron chi connectivity index (χ1n) is 5.07. The Labute approximate surface area is 82.9 Å². The average molecular weight is 193 g/mol. The number of hydrogen-bond acceptors (Lipinski definition) is 3. The van der Waals surface area contributed by atoms with Gasteiger partial charge in [-0.3, -0.25) is 0 Å². The van der Waals surface area contributed by atoms with E-state index in [0.717, 1.165) is 25.0 Å². The number of H-pyrrole nitrogens is 1. The van der Waals surface area contributed by atoms with Gasteiger partial charge in [0.05, 0.1) is 11.7 Å². The van der Waals surface area contributed by atoms with Crippen molar-refractivity contribution in [3.8, 4) is 0 Å². The lowest BCUT2D eigenvalue weighted by molar-refractivity contribution is -0.108. The number of nitrogens with zero attached hydrogens (tertiary/aromatic N) is 1. The summed E-state index contributed by atoms with van der Waals surface area (Å²) >= 11 is 0. The van der Waals surface area contributed by atoms with Gasteiger partial charge in [-0.1, -0.05) is 0 Å². The van der Waals surface area contributed by atoms with E-state index in [2.05, 4.69) is 9.97 Å². The molecule has 0 saturated carbocycles. The molecule has 1 heterocycles. The van der Waals surface area contributed by atoms with Crippen LogP contribution < -0.4 is 5.73 Å². The van der Waals surface area contributed by atoms with Gasteiger partial charge < -0.3 is 15.5 Å². The van der Waals surface area contributed by atoms with Crippen molar-refractivity contribution in [2.24, 2.45) is 5.73 Å². The molecule has 14 heavy (non-hydrogen) atoms. The Bertz CT molecular complexity index is 309. The summed E-state index contributed by atoms with van der Waals surface area (Å²) < 4.78 is 0. The molecular formula is C10H15N3O. The largest absolute Gasteiger partial charge is 0.346 e. The number of imidazole rings is 1. The van der Waals surface area contributed by atoms with Crippen molar-refractivity contribution < 1.29 is 4.79 Å². The Morgan fingerprint density at radius 2 is 2.29 bits per heavy atom. The third-order valence-corrected chi connectivity index (χ3v) is 2.61. The summed E-state index contributed by atoms with van der Waals surface area (Å²) in [6.45, 7) is 0. The van der Waals surface area contributed by atoms with Crippen LogP contribution in [-0.2, 0) is 24.1 Å². The molecule has 1 aromatic heterocycles. The van der Waals surface area contributed by atoms with Gasteiger partial charge in [0, 0.05) is 12.1 Å². The van der Waals surface area contributed by atoms with Crippen LogP contribution in [0.1, 0.15) is 30.1 Å². The van der Waals surface area contributed by atoms with Gasteiger partial charge >= 0.3 is 0 Å². The molecule has 0 aromatic carbocycles. The highest BCUT2D eigenvalue weighted by atomic mass is 16.1. The maximum Gasteiger partial charge on any atom is 0.137 e. The van der Waals surface area contributed by atoms with Crippen molar-refractivity contribution in [3.63, 3.8) is 0 Å².